The molecule has 0 spiro atoms. The van der Waals surface area contributed by atoms with E-state index in [0.29, 0.717) is 5.01 Å². The molecule has 1 aliphatic carbocycles. The van der Waals surface area contributed by atoms with Crippen LogP contribution in [0, 0.1) is 12.8 Å². The Labute approximate surface area is 153 Å². The lowest BCUT2D eigenvalue weighted by Crippen LogP contribution is -2.36. The number of aromatic nitrogens is 3. The van der Waals surface area contributed by atoms with Crippen molar-refractivity contribution < 1.29 is 22.0 Å². The molecule has 1 fully saturated rings. The molecule has 2 N–H and O–H groups in total. The van der Waals surface area contributed by atoms with Gasteiger partial charge in [-0.15, -0.1) is 0 Å². The molecule has 2 aromatic rings. The van der Waals surface area contributed by atoms with Crippen LogP contribution in [0.2, 0.25) is 0 Å². The molecular weight excluding hydrogens is 393 g/mol. The number of nitrogens with two attached hydrogens (primary N) is 1. The molecule has 0 saturated heterocycles. The molecule has 2 heterocycles. The fourth-order valence-electron chi connectivity index (χ4n) is 2.81. The number of halogens is 5. The molecule has 27 heavy (non-hydrogen) atoms. The average Bonchev–Trinajstić information content (AvgIpc) is 2.90. The van der Waals surface area contributed by atoms with Crippen LogP contribution < -0.4 is 11.3 Å². The van der Waals surface area contributed by atoms with Crippen molar-refractivity contribution in [1.29, 1.82) is 0 Å². The molecule has 1 saturated carbocycles. The first kappa shape index (κ1) is 19.4. The van der Waals surface area contributed by atoms with Crippen molar-refractivity contribution >= 4 is 28.1 Å². The van der Waals surface area contributed by atoms with Gasteiger partial charge in [0.15, 0.2) is 5.69 Å². The van der Waals surface area contributed by atoms with Crippen molar-refractivity contribution in [3.05, 3.63) is 32.8 Å². The van der Waals surface area contributed by atoms with Crippen molar-refractivity contribution in [2.45, 2.75) is 31.9 Å². The first-order valence-corrected chi connectivity index (χ1v) is 8.61. The molecule has 0 bridgehead atoms. The van der Waals surface area contributed by atoms with Crippen LogP contribution >= 0.6 is 11.3 Å². The Bertz CT molecular complexity index is 983. The van der Waals surface area contributed by atoms with E-state index in [1.165, 1.54) is 6.92 Å². The number of aliphatic imine (C=N–C) groups is 1. The van der Waals surface area contributed by atoms with Crippen LogP contribution in [0.1, 0.15) is 29.1 Å². The van der Waals surface area contributed by atoms with Crippen molar-refractivity contribution in [2.24, 2.45) is 16.6 Å². The highest BCUT2D eigenvalue weighted by Gasteiger charge is 2.44. The maximum atomic E-state index is 13.4. The third-order valence-electron chi connectivity index (χ3n) is 4.02. The molecule has 0 atom stereocenters. The predicted octanol–water partition coefficient (Wildman–Crippen LogP) is 2.89. The van der Waals surface area contributed by atoms with Gasteiger partial charge in [-0.3, -0.25) is 9.79 Å². The van der Waals surface area contributed by atoms with E-state index in [9.17, 15) is 26.7 Å². The second-order valence-corrected chi connectivity index (χ2v) is 7.36. The molecule has 3 rings (SSSR count). The highest BCUT2D eigenvalue weighted by Crippen LogP contribution is 2.42. The lowest BCUT2D eigenvalue weighted by molar-refractivity contribution is -0.141. The summed E-state index contributed by atoms with van der Waals surface area (Å²) in [4.78, 5) is 19.8. The van der Waals surface area contributed by atoms with Gasteiger partial charge in [0.25, 0.3) is 5.56 Å². The minimum atomic E-state index is -4.90. The number of nitrogens with zero attached hydrogens (tertiary/aromatic N) is 4. The van der Waals surface area contributed by atoms with Crippen LogP contribution in [0.25, 0.3) is 10.5 Å². The van der Waals surface area contributed by atoms with Crippen molar-refractivity contribution in [3.8, 4) is 0 Å². The number of hydrogen-bond acceptors (Lipinski definition) is 6. The Morgan fingerprint density at radius 3 is 2.67 bits per heavy atom. The maximum absolute atomic E-state index is 13.4. The van der Waals surface area contributed by atoms with Gasteiger partial charge in [-0.2, -0.15) is 22.8 Å². The molecule has 1 aliphatic rings. The third-order valence-corrected chi connectivity index (χ3v) is 4.84. The zero-order chi connectivity index (χ0) is 20.0. The monoisotopic (exact) mass is 407 g/mol. The van der Waals surface area contributed by atoms with Gasteiger partial charge in [0, 0.05) is 37.4 Å². The van der Waals surface area contributed by atoms with Crippen LogP contribution in [0.15, 0.2) is 16.0 Å². The summed E-state index contributed by atoms with van der Waals surface area (Å²) in [5.74, 6) is -3.08. The van der Waals surface area contributed by atoms with Gasteiger partial charge in [-0.05, 0) is 12.8 Å². The summed E-state index contributed by atoms with van der Waals surface area (Å²) in [6.45, 7) is 1.53. The van der Waals surface area contributed by atoms with Crippen molar-refractivity contribution in [1.82, 2.24) is 14.6 Å². The van der Waals surface area contributed by atoms with Gasteiger partial charge in [0.2, 0.25) is 10.9 Å². The van der Waals surface area contributed by atoms with Crippen LogP contribution in [0.3, 0.4) is 0 Å². The molecule has 0 aliphatic heterocycles. The highest BCUT2D eigenvalue weighted by molar-refractivity contribution is 7.16. The molecule has 6 nitrogen and oxygen atoms in total. The zero-order valence-corrected chi connectivity index (χ0v) is 14.7. The molecule has 0 radical (unpaired) electrons. The van der Waals surface area contributed by atoms with E-state index in [-0.39, 0.29) is 35.8 Å². The zero-order valence-electron chi connectivity index (χ0n) is 13.9. The fraction of sp³-hybridized carbons (Fsp3) is 0.467. The minimum absolute atomic E-state index is 0.00109. The standard InChI is InChI=1S/C15H14F5N5OS/c1-7-24-25-12(26)10(11(15(18,19)20)23-13(25)27-7)9(4-21)6-22-5-8-2-14(16,17)3-8/h4,6,8H,2-3,5,21H2,1H3. The number of rotatable bonds is 4. The number of alkyl halides is 5. The summed E-state index contributed by atoms with van der Waals surface area (Å²) in [6, 6.07) is 0. The van der Waals surface area contributed by atoms with E-state index < -0.39 is 28.9 Å². The summed E-state index contributed by atoms with van der Waals surface area (Å²) >= 11 is 0.842. The van der Waals surface area contributed by atoms with Gasteiger partial charge in [-0.1, -0.05) is 11.3 Å². The second-order valence-electron chi connectivity index (χ2n) is 6.20. The van der Waals surface area contributed by atoms with E-state index in [2.05, 4.69) is 15.1 Å². The fourth-order valence-corrected chi connectivity index (χ4v) is 3.54. The van der Waals surface area contributed by atoms with Crippen molar-refractivity contribution in [2.75, 3.05) is 6.54 Å². The second kappa shape index (κ2) is 6.66. The number of allylic oxidation sites excluding steroid dienone is 1. The average molecular weight is 407 g/mol. The Morgan fingerprint density at radius 1 is 1.44 bits per heavy atom. The lowest BCUT2D eigenvalue weighted by atomic mass is 9.81. The normalized spacial score (nSPS) is 18.4. The van der Waals surface area contributed by atoms with Crippen LogP contribution in [-0.4, -0.2) is 33.3 Å². The Hall–Kier alpha value is -2.37. The minimum Gasteiger partial charge on any atom is -0.404 e. The molecular formula is C15H14F5N5OS. The summed E-state index contributed by atoms with van der Waals surface area (Å²) in [5.41, 5.74) is 1.90. The van der Waals surface area contributed by atoms with Crippen molar-refractivity contribution in [3.63, 3.8) is 0 Å². The quantitative estimate of drug-likeness (QED) is 0.624. The van der Waals surface area contributed by atoms with E-state index in [0.717, 1.165) is 28.3 Å². The van der Waals surface area contributed by atoms with E-state index in [1.807, 2.05) is 0 Å². The molecule has 146 valence electrons. The van der Waals surface area contributed by atoms with E-state index >= 15 is 0 Å². The summed E-state index contributed by atoms with van der Waals surface area (Å²) in [5, 5.41) is 4.22. The van der Waals surface area contributed by atoms with Crippen LogP contribution in [0.5, 0.6) is 0 Å². The van der Waals surface area contributed by atoms with Gasteiger partial charge < -0.3 is 5.73 Å². The maximum Gasteiger partial charge on any atom is 0.434 e. The molecule has 0 amide bonds. The van der Waals surface area contributed by atoms with Crippen LogP contribution in [-0.2, 0) is 6.18 Å². The largest absolute Gasteiger partial charge is 0.434 e. The van der Waals surface area contributed by atoms with Gasteiger partial charge >= 0.3 is 6.18 Å². The molecule has 0 unspecified atom stereocenters. The molecule has 0 aromatic carbocycles. The van der Waals surface area contributed by atoms with Gasteiger partial charge in [0.1, 0.15) is 5.01 Å². The third kappa shape index (κ3) is 3.84. The summed E-state index contributed by atoms with van der Waals surface area (Å²) in [6.07, 6.45) is -3.77. The smallest absolute Gasteiger partial charge is 0.404 e. The number of hydrogen-bond donors (Lipinski definition) is 1. The molecule has 12 heteroatoms. The predicted molar refractivity (Wildman–Crippen MR) is 90.1 cm³/mol. The Kier molecular flexibility index (Phi) is 4.78. The van der Waals surface area contributed by atoms with E-state index in [1.54, 1.807) is 0 Å². The first-order chi connectivity index (χ1) is 12.5. The number of aryl methyl sites for hydroxylation is 1. The van der Waals surface area contributed by atoms with E-state index in [4.69, 9.17) is 5.73 Å². The first-order valence-electron chi connectivity index (χ1n) is 7.79. The van der Waals surface area contributed by atoms with Gasteiger partial charge in [-0.25, -0.2) is 13.8 Å². The van der Waals surface area contributed by atoms with Crippen LogP contribution in [0.4, 0.5) is 22.0 Å². The summed E-state index contributed by atoms with van der Waals surface area (Å²) < 4.78 is 66.7. The molecule has 2 aromatic heterocycles. The van der Waals surface area contributed by atoms with Gasteiger partial charge in [0.05, 0.1) is 5.56 Å². The number of fused-ring (bicyclic) bond motifs is 1. The summed E-state index contributed by atoms with van der Waals surface area (Å²) in [7, 11) is 0. The Morgan fingerprint density at radius 2 is 2.11 bits per heavy atom. The Balaban J connectivity index is 2.00. The topological polar surface area (TPSA) is 85.6 Å². The highest BCUT2D eigenvalue weighted by atomic mass is 32.1. The SMILES string of the molecule is Cc1nn2c(=O)c(C(C=NCC3CC(F)(F)C3)=CN)c(C(F)(F)F)nc2s1. The lowest BCUT2D eigenvalue weighted by Gasteiger charge is -2.33.